The number of hydrogen-bond donors (Lipinski definition) is 1. The lowest BCUT2D eigenvalue weighted by Gasteiger charge is -2.29. The van der Waals surface area contributed by atoms with Crippen LogP contribution < -0.4 is 20.5 Å². The molecular weight excluding hydrogens is 316 g/mol. The maximum absolute atomic E-state index is 12.8. The summed E-state index contributed by atoms with van der Waals surface area (Å²) in [7, 11) is 0. The summed E-state index contributed by atoms with van der Waals surface area (Å²) in [4.78, 5) is 27.0. The van der Waals surface area contributed by atoms with E-state index in [1.165, 1.54) is 12.3 Å². The number of pyridine rings is 1. The van der Waals surface area contributed by atoms with Crippen molar-refractivity contribution in [1.29, 1.82) is 0 Å². The number of rotatable bonds is 0. The molecule has 4 rings (SSSR count). The van der Waals surface area contributed by atoms with E-state index in [2.05, 4.69) is 5.32 Å². The highest BCUT2D eigenvalue weighted by Crippen LogP contribution is 2.29. The molecule has 1 aliphatic rings. The molecular formula is C15H12N4O3S. The molecule has 116 valence electrons. The van der Waals surface area contributed by atoms with Gasteiger partial charge >= 0.3 is 10.9 Å². The first-order valence-electron chi connectivity index (χ1n) is 7.06. The molecule has 2 aromatic heterocycles. The Morgan fingerprint density at radius 3 is 2.91 bits per heavy atom. The van der Waals surface area contributed by atoms with Gasteiger partial charge in [0.25, 0.3) is 5.56 Å². The van der Waals surface area contributed by atoms with E-state index in [9.17, 15) is 14.8 Å². The molecule has 3 aromatic rings. The van der Waals surface area contributed by atoms with Crippen molar-refractivity contribution in [3.63, 3.8) is 0 Å². The van der Waals surface area contributed by atoms with Crippen molar-refractivity contribution in [2.24, 2.45) is 0 Å². The fraction of sp³-hybridized carbons (Fsp3) is 0.133. The molecule has 0 radical (unpaired) electrons. The Kier molecular flexibility index (Phi) is 3.05. The minimum atomic E-state index is -0.462. The van der Waals surface area contributed by atoms with Crippen LogP contribution in [0.3, 0.4) is 0 Å². The van der Waals surface area contributed by atoms with Gasteiger partial charge in [-0.3, -0.25) is 9.69 Å². The van der Waals surface area contributed by atoms with Crippen molar-refractivity contribution < 1.29 is 9.52 Å². The molecule has 7 nitrogen and oxygen atoms in total. The summed E-state index contributed by atoms with van der Waals surface area (Å²) >= 11 is 0.870. The van der Waals surface area contributed by atoms with Gasteiger partial charge in [-0.1, -0.05) is 12.1 Å². The summed E-state index contributed by atoms with van der Waals surface area (Å²) in [6, 6.07) is 10.0. The van der Waals surface area contributed by atoms with Gasteiger partial charge in [0.2, 0.25) is 0 Å². The summed E-state index contributed by atoms with van der Waals surface area (Å²) in [6.07, 6.45) is 1.31. The lowest BCUT2D eigenvalue weighted by Crippen LogP contribution is -2.43. The highest BCUT2D eigenvalue weighted by Gasteiger charge is 2.27. The number of nitrogens with one attached hydrogen (secondary N) is 1. The van der Waals surface area contributed by atoms with Gasteiger partial charge in [0.15, 0.2) is 6.20 Å². The predicted octanol–water partition coefficient (Wildman–Crippen LogP) is 1.60. The minimum absolute atomic E-state index is 0.231. The maximum atomic E-state index is 12.8. The van der Waals surface area contributed by atoms with Gasteiger partial charge in [-0.15, -0.1) is 0 Å². The normalized spacial score (nSPS) is 13.7. The summed E-state index contributed by atoms with van der Waals surface area (Å²) < 4.78 is 1.65. The van der Waals surface area contributed by atoms with Crippen LogP contribution in [0, 0.1) is 5.21 Å². The van der Waals surface area contributed by atoms with E-state index in [1.54, 1.807) is 11.0 Å². The van der Waals surface area contributed by atoms with E-state index >= 15 is 0 Å². The van der Waals surface area contributed by atoms with Gasteiger partial charge in [0, 0.05) is 30.7 Å². The Morgan fingerprint density at radius 2 is 2.09 bits per heavy atom. The maximum Gasteiger partial charge on any atom is 0.345 e. The third-order valence-electron chi connectivity index (χ3n) is 3.76. The second-order valence-electron chi connectivity index (χ2n) is 5.12. The number of carbonyl (C=O) groups excluding carboxylic acids is 1. The van der Waals surface area contributed by atoms with Crippen LogP contribution in [0.1, 0.15) is 0 Å². The number of anilines is 2. The summed E-state index contributed by atoms with van der Waals surface area (Å²) in [5, 5.41) is 15.3. The van der Waals surface area contributed by atoms with Crippen LogP contribution in [0.2, 0.25) is 0 Å². The van der Waals surface area contributed by atoms with Crippen molar-refractivity contribution in [2.45, 2.75) is 0 Å². The van der Waals surface area contributed by atoms with E-state index in [-0.39, 0.29) is 10.2 Å². The third-order valence-corrected chi connectivity index (χ3v) is 4.84. The highest BCUT2D eigenvalue weighted by atomic mass is 32.1. The highest BCUT2D eigenvalue weighted by molar-refractivity contribution is 7.14. The van der Waals surface area contributed by atoms with Crippen LogP contribution in [0.5, 0.6) is 0 Å². The van der Waals surface area contributed by atoms with Crippen molar-refractivity contribution in [3.8, 4) is 0 Å². The van der Waals surface area contributed by atoms with Gasteiger partial charge in [-0.2, -0.15) is 8.69 Å². The van der Waals surface area contributed by atoms with Crippen LogP contribution in [0.4, 0.5) is 16.2 Å². The molecule has 1 amide bonds. The Balaban J connectivity index is 1.84. The van der Waals surface area contributed by atoms with Crippen LogP contribution in [0.25, 0.3) is 10.2 Å². The SMILES string of the molecule is O=C(N1CCNc2ccccc21)n1sc2c(ccc[n+]2[O-])c1=O. The molecule has 1 aliphatic heterocycles. The van der Waals surface area contributed by atoms with E-state index in [1.807, 2.05) is 24.3 Å². The average molecular weight is 328 g/mol. The average Bonchev–Trinajstić information content (AvgIpc) is 2.92. The lowest BCUT2D eigenvalue weighted by molar-refractivity contribution is -0.574. The minimum Gasteiger partial charge on any atom is -0.618 e. The van der Waals surface area contributed by atoms with Crippen LogP contribution >= 0.6 is 11.5 Å². The molecule has 0 saturated carbocycles. The second-order valence-corrected chi connectivity index (χ2v) is 6.06. The van der Waals surface area contributed by atoms with Gasteiger partial charge in [-0.05, 0) is 18.2 Å². The Labute approximate surface area is 134 Å². The quantitative estimate of drug-likeness (QED) is 0.502. The zero-order valence-electron chi connectivity index (χ0n) is 11.9. The fourth-order valence-electron chi connectivity index (χ4n) is 2.68. The molecule has 0 aliphatic carbocycles. The molecule has 23 heavy (non-hydrogen) atoms. The number of benzene rings is 1. The number of para-hydroxylation sites is 2. The number of fused-ring (bicyclic) bond motifs is 2. The Morgan fingerprint density at radius 1 is 1.26 bits per heavy atom. The lowest BCUT2D eigenvalue weighted by atomic mass is 10.2. The molecule has 1 N–H and O–H groups in total. The van der Waals surface area contributed by atoms with E-state index < -0.39 is 11.6 Å². The van der Waals surface area contributed by atoms with Crippen LogP contribution in [-0.2, 0) is 0 Å². The molecule has 0 saturated heterocycles. The molecule has 8 heteroatoms. The van der Waals surface area contributed by atoms with Crippen molar-refractivity contribution in [2.75, 3.05) is 23.3 Å². The van der Waals surface area contributed by atoms with Gasteiger partial charge in [0.05, 0.1) is 11.4 Å². The standard InChI is InChI=1S/C15H12N4O3S/c20-13-10-4-3-8-18(22)14(10)23-19(13)15(21)17-9-7-16-11-5-1-2-6-12(11)17/h1-6,8,16H,7,9H2. The van der Waals surface area contributed by atoms with E-state index in [4.69, 9.17) is 0 Å². The number of aromatic nitrogens is 2. The van der Waals surface area contributed by atoms with Gasteiger partial charge in [0.1, 0.15) is 5.39 Å². The molecule has 0 atom stereocenters. The van der Waals surface area contributed by atoms with E-state index in [0.29, 0.717) is 17.8 Å². The summed E-state index contributed by atoms with van der Waals surface area (Å²) in [6.45, 7) is 1.05. The van der Waals surface area contributed by atoms with Gasteiger partial charge < -0.3 is 10.5 Å². The zero-order chi connectivity index (χ0) is 16.0. The number of hydrogen-bond acceptors (Lipinski definition) is 5. The molecule has 0 spiro atoms. The molecule has 3 heterocycles. The monoisotopic (exact) mass is 328 g/mol. The topological polar surface area (TPSA) is 81.3 Å². The molecule has 0 unspecified atom stereocenters. The second kappa shape index (κ2) is 5.10. The number of nitrogens with zero attached hydrogens (tertiary/aromatic N) is 3. The number of amides is 1. The number of carbonyl (C=O) groups is 1. The molecule has 0 fully saturated rings. The van der Waals surface area contributed by atoms with Gasteiger partial charge in [-0.25, -0.2) is 4.79 Å². The van der Waals surface area contributed by atoms with E-state index in [0.717, 1.165) is 26.9 Å². The molecule has 1 aromatic carbocycles. The Hall–Kier alpha value is -2.87. The smallest absolute Gasteiger partial charge is 0.345 e. The van der Waals surface area contributed by atoms with Crippen LogP contribution in [-0.4, -0.2) is 23.1 Å². The summed E-state index contributed by atoms with van der Waals surface area (Å²) in [5.74, 6) is 0. The first-order valence-corrected chi connectivity index (χ1v) is 7.83. The first kappa shape index (κ1) is 13.8. The van der Waals surface area contributed by atoms with Crippen molar-refractivity contribution in [3.05, 3.63) is 58.2 Å². The largest absolute Gasteiger partial charge is 0.618 e. The third kappa shape index (κ3) is 2.07. The van der Waals surface area contributed by atoms with Crippen molar-refractivity contribution >= 4 is 39.2 Å². The predicted molar refractivity (Wildman–Crippen MR) is 88.1 cm³/mol. The Bertz CT molecular complexity index is 978. The fourth-order valence-corrected chi connectivity index (χ4v) is 3.61. The van der Waals surface area contributed by atoms with Crippen molar-refractivity contribution in [1.82, 2.24) is 3.96 Å². The zero-order valence-corrected chi connectivity index (χ0v) is 12.7. The van der Waals surface area contributed by atoms with Crippen LogP contribution in [0.15, 0.2) is 47.4 Å². The molecule has 0 bridgehead atoms. The summed E-state index contributed by atoms with van der Waals surface area (Å²) in [5.41, 5.74) is 1.11. The first-order chi connectivity index (χ1) is 11.2.